The van der Waals surface area contributed by atoms with Crippen LogP contribution in [0.3, 0.4) is 0 Å². The second kappa shape index (κ2) is 4.84. The zero-order valence-corrected chi connectivity index (χ0v) is 12.9. The Kier molecular flexibility index (Phi) is 3.53. The molecule has 0 atom stereocenters. The number of aromatic nitrogens is 1. The van der Waals surface area contributed by atoms with Crippen molar-refractivity contribution in [1.29, 1.82) is 0 Å². The van der Waals surface area contributed by atoms with E-state index in [4.69, 9.17) is 4.98 Å². The summed E-state index contributed by atoms with van der Waals surface area (Å²) >= 11 is 0. The molecule has 0 aliphatic heterocycles. The van der Waals surface area contributed by atoms with Crippen LogP contribution in [0, 0.1) is 13.8 Å². The highest BCUT2D eigenvalue weighted by Crippen LogP contribution is 2.31. The highest BCUT2D eigenvalue weighted by Gasteiger charge is 2.18. The summed E-state index contributed by atoms with van der Waals surface area (Å²) in [4.78, 5) is 4.91. The molecule has 0 aliphatic carbocycles. The SMILES string of the molecule is CCNc1cc(C(C)(C)C)nc2c(C)c(C)ccc12. The molecule has 0 bridgehead atoms. The van der Waals surface area contributed by atoms with Gasteiger partial charge in [-0.2, -0.15) is 0 Å². The first-order chi connectivity index (χ1) is 8.84. The topological polar surface area (TPSA) is 24.9 Å². The Morgan fingerprint density at radius 1 is 1.16 bits per heavy atom. The van der Waals surface area contributed by atoms with Crippen LogP contribution in [0.2, 0.25) is 0 Å². The number of fused-ring (bicyclic) bond motifs is 1. The second-order valence-corrected chi connectivity index (χ2v) is 6.24. The standard InChI is InChI=1S/C17H24N2/c1-7-18-14-10-15(17(4,5)6)19-16-12(3)11(2)8-9-13(14)16/h8-10H,7H2,1-6H3,(H,18,19). The van der Waals surface area contributed by atoms with E-state index in [-0.39, 0.29) is 5.41 Å². The molecule has 1 aromatic carbocycles. The molecule has 0 spiro atoms. The summed E-state index contributed by atoms with van der Waals surface area (Å²) in [5.74, 6) is 0. The molecule has 1 N–H and O–H groups in total. The minimum Gasteiger partial charge on any atom is -0.385 e. The van der Waals surface area contributed by atoms with E-state index in [1.165, 1.54) is 22.2 Å². The average Bonchev–Trinajstić information content (AvgIpc) is 2.33. The van der Waals surface area contributed by atoms with Crippen molar-refractivity contribution < 1.29 is 0 Å². The summed E-state index contributed by atoms with van der Waals surface area (Å²) in [6.45, 7) is 14.0. The largest absolute Gasteiger partial charge is 0.385 e. The Labute approximate surface area is 116 Å². The quantitative estimate of drug-likeness (QED) is 0.850. The van der Waals surface area contributed by atoms with Gasteiger partial charge in [-0.1, -0.05) is 32.9 Å². The van der Waals surface area contributed by atoms with Gasteiger partial charge >= 0.3 is 0 Å². The van der Waals surface area contributed by atoms with Crippen molar-refractivity contribution in [3.63, 3.8) is 0 Å². The molecule has 2 nitrogen and oxygen atoms in total. The van der Waals surface area contributed by atoms with E-state index < -0.39 is 0 Å². The third-order valence-electron chi connectivity index (χ3n) is 3.64. The van der Waals surface area contributed by atoms with E-state index in [1.807, 2.05) is 0 Å². The van der Waals surface area contributed by atoms with Crippen LogP contribution < -0.4 is 5.32 Å². The smallest absolute Gasteiger partial charge is 0.0758 e. The van der Waals surface area contributed by atoms with E-state index >= 15 is 0 Å². The molecule has 2 rings (SSSR count). The summed E-state index contributed by atoms with van der Waals surface area (Å²) < 4.78 is 0. The highest BCUT2D eigenvalue weighted by molar-refractivity contribution is 5.94. The normalized spacial score (nSPS) is 11.9. The van der Waals surface area contributed by atoms with Crippen LogP contribution in [0.1, 0.15) is 44.5 Å². The summed E-state index contributed by atoms with van der Waals surface area (Å²) in [6.07, 6.45) is 0. The molecule has 0 fully saturated rings. The first-order valence-electron chi connectivity index (χ1n) is 7.00. The summed E-state index contributed by atoms with van der Waals surface area (Å²) in [7, 11) is 0. The third kappa shape index (κ3) is 2.58. The summed E-state index contributed by atoms with van der Waals surface area (Å²) in [6, 6.07) is 6.55. The molecule has 102 valence electrons. The highest BCUT2D eigenvalue weighted by atomic mass is 14.9. The number of benzene rings is 1. The van der Waals surface area contributed by atoms with Crippen LogP contribution in [0.5, 0.6) is 0 Å². The van der Waals surface area contributed by atoms with Crippen LogP contribution in [-0.2, 0) is 5.41 Å². The van der Waals surface area contributed by atoms with E-state index in [0.717, 1.165) is 17.8 Å². The number of hydrogen-bond acceptors (Lipinski definition) is 2. The maximum absolute atomic E-state index is 4.91. The fourth-order valence-electron chi connectivity index (χ4n) is 2.25. The van der Waals surface area contributed by atoms with Crippen molar-refractivity contribution in [2.24, 2.45) is 0 Å². The van der Waals surface area contributed by atoms with Crippen molar-refractivity contribution in [2.75, 3.05) is 11.9 Å². The number of hydrogen-bond donors (Lipinski definition) is 1. The van der Waals surface area contributed by atoms with Crippen LogP contribution >= 0.6 is 0 Å². The Bertz CT molecular complexity index is 607. The van der Waals surface area contributed by atoms with Gasteiger partial charge in [0.05, 0.1) is 5.52 Å². The van der Waals surface area contributed by atoms with Gasteiger partial charge in [-0.3, -0.25) is 4.98 Å². The molecule has 1 aromatic heterocycles. The van der Waals surface area contributed by atoms with Crippen LogP contribution in [0.25, 0.3) is 10.9 Å². The molecular weight excluding hydrogens is 232 g/mol. The fraction of sp³-hybridized carbons (Fsp3) is 0.471. The first-order valence-corrected chi connectivity index (χ1v) is 7.00. The molecule has 0 radical (unpaired) electrons. The average molecular weight is 256 g/mol. The van der Waals surface area contributed by atoms with Gasteiger partial charge in [0, 0.05) is 28.7 Å². The molecule has 0 aliphatic rings. The van der Waals surface area contributed by atoms with Gasteiger partial charge in [-0.05, 0) is 38.0 Å². The Morgan fingerprint density at radius 2 is 1.84 bits per heavy atom. The third-order valence-corrected chi connectivity index (χ3v) is 3.64. The molecule has 1 heterocycles. The lowest BCUT2D eigenvalue weighted by Crippen LogP contribution is -2.15. The number of aryl methyl sites for hydroxylation is 2. The lowest BCUT2D eigenvalue weighted by atomic mass is 9.90. The molecule has 19 heavy (non-hydrogen) atoms. The second-order valence-electron chi connectivity index (χ2n) is 6.24. The minimum absolute atomic E-state index is 0.0640. The van der Waals surface area contributed by atoms with Gasteiger partial charge in [0.15, 0.2) is 0 Å². The van der Waals surface area contributed by atoms with E-state index in [1.54, 1.807) is 0 Å². The number of anilines is 1. The number of nitrogens with one attached hydrogen (secondary N) is 1. The molecule has 2 heteroatoms. The van der Waals surface area contributed by atoms with Crippen LogP contribution in [0.15, 0.2) is 18.2 Å². The predicted octanol–water partition coefficient (Wildman–Crippen LogP) is 4.58. The van der Waals surface area contributed by atoms with E-state index in [9.17, 15) is 0 Å². The Balaban J connectivity index is 2.80. The molecule has 0 amide bonds. The van der Waals surface area contributed by atoms with Gasteiger partial charge in [-0.25, -0.2) is 0 Å². The number of pyridine rings is 1. The van der Waals surface area contributed by atoms with Gasteiger partial charge in [-0.15, -0.1) is 0 Å². The van der Waals surface area contributed by atoms with Gasteiger partial charge < -0.3 is 5.32 Å². The first kappa shape index (κ1) is 13.9. The fourth-order valence-corrected chi connectivity index (χ4v) is 2.25. The van der Waals surface area contributed by atoms with Crippen molar-refractivity contribution >= 4 is 16.6 Å². The molecular formula is C17H24N2. The molecule has 0 saturated heterocycles. The van der Waals surface area contributed by atoms with Crippen molar-refractivity contribution in [3.8, 4) is 0 Å². The summed E-state index contributed by atoms with van der Waals surface area (Å²) in [5.41, 5.74) is 6.11. The molecule has 0 saturated carbocycles. The Hall–Kier alpha value is -1.57. The monoisotopic (exact) mass is 256 g/mol. The number of rotatable bonds is 2. The van der Waals surface area contributed by atoms with Crippen LogP contribution in [0.4, 0.5) is 5.69 Å². The zero-order chi connectivity index (χ0) is 14.2. The lowest BCUT2D eigenvalue weighted by molar-refractivity contribution is 0.571. The van der Waals surface area contributed by atoms with E-state index in [0.29, 0.717) is 0 Å². The molecule has 2 aromatic rings. The van der Waals surface area contributed by atoms with Crippen molar-refractivity contribution in [1.82, 2.24) is 4.98 Å². The summed E-state index contributed by atoms with van der Waals surface area (Å²) in [5, 5.41) is 4.69. The number of nitrogens with zero attached hydrogens (tertiary/aromatic N) is 1. The maximum Gasteiger partial charge on any atom is 0.0758 e. The van der Waals surface area contributed by atoms with Gasteiger partial charge in [0.1, 0.15) is 0 Å². The van der Waals surface area contributed by atoms with Crippen molar-refractivity contribution in [3.05, 3.63) is 35.0 Å². The van der Waals surface area contributed by atoms with Crippen LogP contribution in [-0.4, -0.2) is 11.5 Å². The predicted molar refractivity (Wildman–Crippen MR) is 84.1 cm³/mol. The van der Waals surface area contributed by atoms with Gasteiger partial charge in [0.25, 0.3) is 0 Å². The zero-order valence-electron chi connectivity index (χ0n) is 12.9. The Morgan fingerprint density at radius 3 is 2.42 bits per heavy atom. The maximum atomic E-state index is 4.91. The lowest BCUT2D eigenvalue weighted by Gasteiger charge is -2.21. The van der Waals surface area contributed by atoms with E-state index in [2.05, 4.69) is 65.1 Å². The van der Waals surface area contributed by atoms with Crippen molar-refractivity contribution in [2.45, 2.75) is 47.0 Å². The minimum atomic E-state index is 0.0640. The van der Waals surface area contributed by atoms with Gasteiger partial charge in [0.2, 0.25) is 0 Å². The molecule has 0 unspecified atom stereocenters.